The summed E-state index contributed by atoms with van der Waals surface area (Å²) in [6.07, 6.45) is 2.17. The molecular formula is C16H22FNO2. The van der Waals surface area contributed by atoms with Crippen LogP contribution in [0.4, 0.5) is 4.39 Å². The molecule has 1 N–H and O–H groups in total. The summed E-state index contributed by atoms with van der Waals surface area (Å²) in [6, 6.07) is 6.64. The van der Waals surface area contributed by atoms with E-state index in [1.807, 2.05) is 19.9 Å². The zero-order valence-electron chi connectivity index (χ0n) is 12.1. The third-order valence-electron chi connectivity index (χ3n) is 4.64. The molecule has 0 amide bonds. The van der Waals surface area contributed by atoms with Gasteiger partial charge < -0.3 is 5.11 Å². The van der Waals surface area contributed by atoms with Gasteiger partial charge in [-0.05, 0) is 38.8 Å². The third kappa shape index (κ3) is 2.70. The van der Waals surface area contributed by atoms with E-state index in [0.717, 1.165) is 13.0 Å². The first kappa shape index (κ1) is 15.0. The second kappa shape index (κ2) is 5.92. The highest BCUT2D eigenvalue weighted by Gasteiger charge is 2.42. The van der Waals surface area contributed by atoms with Crippen LogP contribution < -0.4 is 0 Å². The Morgan fingerprint density at radius 2 is 2.20 bits per heavy atom. The van der Waals surface area contributed by atoms with Gasteiger partial charge in [0.15, 0.2) is 0 Å². The van der Waals surface area contributed by atoms with E-state index < -0.39 is 11.4 Å². The second-order valence-corrected chi connectivity index (χ2v) is 5.71. The van der Waals surface area contributed by atoms with Crippen molar-refractivity contribution in [2.24, 2.45) is 5.41 Å². The lowest BCUT2D eigenvalue weighted by Crippen LogP contribution is -2.48. The number of carboxylic acid groups (broad SMARTS) is 1. The van der Waals surface area contributed by atoms with Crippen LogP contribution in [0.2, 0.25) is 0 Å². The van der Waals surface area contributed by atoms with E-state index in [1.165, 1.54) is 6.07 Å². The average Bonchev–Trinajstić information content (AvgIpc) is 2.47. The van der Waals surface area contributed by atoms with E-state index in [-0.39, 0.29) is 11.9 Å². The fraction of sp³-hybridized carbons (Fsp3) is 0.562. The largest absolute Gasteiger partial charge is 0.481 e. The van der Waals surface area contributed by atoms with Crippen LogP contribution in [0.1, 0.15) is 44.7 Å². The lowest BCUT2D eigenvalue weighted by Gasteiger charge is -2.42. The van der Waals surface area contributed by atoms with Crippen molar-refractivity contribution in [1.82, 2.24) is 4.90 Å². The number of rotatable bonds is 4. The summed E-state index contributed by atoms with van der Waals surface area (Å²) in [4.78, 5) is 13.7. The Kier molecular flexibility index (Phi) is 4.43. The number of piperidine rings is 1. The molecule has 0 aliphatic carbocycles. The molecule has 1 aromatic carbocycles. The highest BCUT2D eigenvalue weighted by molar-refractivity contribution is 5.75. The Morgan fingerprint density at radius 1 is 1.50 bits per heavy atom. The molecule has 0 radical (unpaired) electrons. The first-order valence-corrected chi connectivity index (χ1v) is 7.22. The lowest BCUT2D eigenvalue weighted by molar-refractivity contribution is -0.153. The van der Waals surface area contributed by atoms with Crippen molar-refractivity contribution in [2.75, 3.05) is 13.1 Å². The number of hydrogen-bond donors (Lipinski definition) is 1. The second-order valence-electron chi connectivity index (χ2n) is 5.71. The molecule has 1 aliphatic rings. The van der Waals surface area contributed by atoms with Crippen LogP contribution in [0.5, 0.6) is 0 Å². The monoisotopic (exact) mass is 279 g/mol. The molecule has 1 aromatic rings. The lowest BCUT2D eigenvalue weighted by atomic mass is 9.77. The molecule has 0 spiro atoms. The number of carbonyl (C=O) groups is 1. The van der Waals surface area contributed by atoms with Gasteiger partial charge in [-0.3, -0.25) is 9.69 Å². The quantitative estimate of drug-likeness (QED) is 0.917. The molecule has 20 heavy (non-hydrogen) atoms. The molecule has 110 valence electrons. The zero-order chi connectivity index (χ0) is 14.8. The average molecular weight is 279 g/mol. The summed E-state index contributed by atoms with van der Waals surface area (Å²) in [6.45, 7) is 5.19. The predicted molar refractivity (Wildman–Crippen MR) is 76.0 cm³/mol. The van der Waals surface area contributed by atoms with Gasteiger partial charge in [-0.2, -0.15) is 0 Å². The number of carboxylic acids is 1. The minimum Gasteiger partial charge on any atom is -0.481 e. The molecule has 0 saturated carbocycles. The van der Waals surface area contributed by atoms with E-state index >= 15 is 0 Å². The van der Waals surface area contributed by atoms with Crippen molar-refractivity contribution in [3.63, 3.8) is 0 Å². The van der Waals surface area contributed by atoms with Crippen LogP contribution in [0.25, 0.3) is 0 Å². The standard InChI is InChI=1S/C16H22FNO2/c1-3-16(15(19)20)9-6-10-18(11-16)12(2)13-7-4-5-8-14(13)17/h4-5,7-8,12H,3,6,9-11H2,1-2H3,(H,19,20). The maximum absolute atomic E-state index is 13.9. The maximum atomic E-state index is 13.9. The Bertz CT molecular complexity index is 491. The SMILES string of the molecule is CCC1(C(=O)O)CCCN(C(C)c2ccccc2F)C1. The van der Waals surface area contributed by atoms with Crippen LogP contribution in [-0.4, -0.2) is 29.1 Å². The van der Waals surface area contributed by atoms with Crippen molar-refractivity contribution in [1.29, 1.82) is 0 Å². The molecule has 0 bridgehead atoms. The van der Waals surface area contributed by atoms with Gasteiger partial charge in [-0.1, -0.05) is 25.1 Å². The van der Waals surface area contributed by atoms with Crippen molar-refractivity contribution < 1.29 is 14.3 Å². The molecule has 3 nitrogen and oxygen atoms in total. The van der Waals surface area contributed by atoms with E-state index in [4.69, 9.17) is 0 Å². The molecule has 2 atom stereocenters. The van der Waals surface area contributed by atoms with Crippen LogP contribution in [0.15, 0.2) is 24.3 Å². The van der Waals surface area contributed by atoms with E-state index in [1.54, 1.807) is 12.1 Å². The minimum absolute atomic E-state index is 0.0956. The highest BCUT2D eigenvalue weighted by Crippen LogP contribution is 2.37. The predicted octanol–water partition coefficient (Wildman–Crippen LogP) is 3.46. The molecule has 2 unspecified atom stereocenters. The molecular weight excluding hydrogens is 257 g/mol. The van der Waals surface area contributed by atoms with Crippen LogP contribution >= 0.6 is 0 Å². The number of likely N-dealkylation sites (tertiary alicyclic amines) is 1. The highest BCUT2D eigenvalue weighted by atomic mass is 19.1. The van der Waals surface area contributed by atoms with E-state index in [0.29, 0.717) is 24.9 Å². The fourth-order valence-corrected chi connectivity index (χ4v) is 3.12. The summed E-state index contributed by atoms with van der Waals surface area (Å²) in [5.74, 6) is -0.951. The van der Waals surface area contributed by atoms with Gasteiger partial charge in [0.25, 0.3) is 0 Å². The zero-order valence-corrected chi connectivity index (χ0v) is 12.1. The number of nitrogens with zero attached hydrogens (tertiary/aromatic N) is 1. The summed E-state index contributed by atoms with van der Waals surface area (Å²) in [5.41, 5.74) is -0.0394. The third-order valence-corrected chi connectivity index (χ3v) is 4.64. The van der Waals surface area contributed by atoms with Gasteiger partial charge in [-0.25, -0.2) is 4.39 Å². The van der Waals surface area contributed by atoms with Crippen molar-refractivity contribution in [3.8, 4) is 0 Å². The molecule has 1 saturated heterocycles. The van der Waals surface area contributed by atoms with Gasteiger partial charge in [0.1, 0.15) is 5.82 Å². The molecule has 0 aromatic heterocycles. The molecule has 2 rings (SSSR count). The number of hydrogen-bond acceptors (Lipinski definition) is 2. The Labute approximate surface area is 119 Å². The maximum Gasteiger partial charge on any atom is 0.310 e. The van der Waals surface area contributed by atoms with Gasteiger partial charge in [0, 0.05) is 18.2 Å². The topological polar surface area (TPSA) is 40.5 Å². The first-order valence-electron chi connectivity index (χ1n) is 7.22. The fourth-order valence-electron chi connectivity index (χ4n) is 3.12. The van der Waals surface area contributed by atoms with Crippen LogP contribution in [-0.2, 0) is 4.79 Å². The molecule has 1 fully saturated rings. The van der Waals surface area contributed by atoms with Gasteiger partial charge in [-0.15, -0.1) is 0 Å². The Morgan fingerprint density at radius 3 is 2.80 bits per heavy atom. The molecule has 4 heteroatoms. The van der Waals surface area contributed by atoms with Crippen molar-refractivity contribution in [2.45, 2.75) is 39.2 Å². The summed E-state index contributed by atoms with van der Waals surface area (Å²) in [7, 11) is 0. The first-order chi connectivity index (χ1) is 9.50. The van der Waals surface area contributed by atoms with Crippen LogP contribution in [0.3, 0.4) is 0 Å². The number of aliphatic carboxylic acids is 1. The van der Waals surface area contributed by atoms with E-state index in [2.05, 4.69) is 4.90 Å². The Hall–Kier alpha value is -1.42. The van der Waals surface area contributed by atoms with E-state index in [9.17, 15) is 14.3 Å². The summed E-state index contributed by atoms with van der Waals surface area (Å²) < 4.78 is 13.9. The normalized spacial score (nSPS) is 25.4. The van der Waals surface area contributed by atoms with Gasteiger partial charge in [0.05, 0.1) is 5.41 Å². The molecule has 1 aliphatic heterocycles. The Balaban J connectivity index is 2.21. The smallest absolute Gasteiger partial charge is 0.310 e. The van der Waals surface area contributed by atoms with Crippen molar-refractivity contribution in [3.05, 3.63) is 35.6 Å². The van der Waals surface area contributed by atoms with Gasteiger partial charge >= 0.3 is 5.97 Å². The van der Waals surface area contributed by atoms with Crippen LogP contribution in [0, 0.1) is 11.2 Å². The van der Waals surface area contributed by atoms with Crippen molar-refractivity contribution >= 4 is 5.97 Å². The summed E-state index contributed by atoms with van der Waals surface area (Å²) >= 11 is 0. The molecule has 1 heterocycles. The van der Waals surface area contributed by atoms with Gasteiger partial charge in [0.2, 0.25) is 0 Å². The minimum atomic E-state index is -0.731. The number of benzene rings is 1. The number of halogens is 1. The summed E-state index contributed by atoms with van der Waals surface area (Å²) in [5, 5.41) is 9.51.